The molecule has 0 spiro atoms. The zero-order valence-electron chi connectivity index (χ0n) is 26.0. The smallest absolute Gasteiger partial charge is 0.244 e. The van der Waals surface area contributed by atoms with E-state index >= 15 is 0 Å². The molecule has 2 amide bonds. The van der Waals surface area contributed by atoms with E-state index in [0.29, 0.717) is 11.5 Å². The predicted octanol–water partition coefficient (Wildman–Crippen LogP) is 4.87. The molecule has 0 unspecified atom stereocenters. The quantitative estimate of drug-likeness (QED) is 0.292. The molecule has 0 saturated heterocycles. The molecule has 9 nitrogen and oxygen atoms in total. The molecule has 0 bridgehead atoms. The number of nitrogens with zero attached hydrogens (tertiary/aromatic N) is 2. The van der Waals surface area contributed by atoms with Crippen molar-refractivity contribution in [1.82, 2.24) is 10.2 Å². The molecule has 0 heterocycles. The maximum absolute atomic E-state index is 14.4. The Morgan fingerprint density at radius 3 is 2.20 bits per heavy atom. The number of carbonyl (C=O) groups excluding carboxylic acids is 2. The Bertz CT molecular complexity index is 1520. The molecule has 1 fully saturated rings. The summed E-state index contributed by atoms with van der Waals surface area (Å²) in [5.74, 6) is 0.0316. The van der Waals surface area contributed by atoms with E-state index in [9.17, 15) is 18.0 Å². The van der Waals surface area contributed by atoms with E-state index in [1.807, 2.05) is 61.5 Å². The number of hydrogen-bond acceptors (Lipinski definition) is 6. The Hall–Kier alpha value is -4.05. The fraction of sp³-hybridized carbons (Fsp3) is 0.412. The van der Waals surface area contributed by atoms with E-state index in [4.69, 9.17) is 9.47 Å². The van der Waals surface area contributed by atoms with Gasteiger partial charge in [0.05, 0.1) is 26.2 Å². The van der Waals surface area contributed by atoms with Gasteiger partial charge in [0.25, 0.3) is 0 Å². The molecule has 236 valence electrons. The zero-order chi connectivity index (χ0) is 31.7. The fourth-order valence-corrected chi connectivity index (χ4v) is 6.50. The average molecular weight is 622 g/mol. The van der Waals surface area contributed by atoms with Crippen molar-refractivity contribution < 1.29 is 27.5 Å². The van der Waals surface area contributed by atoms with Crippen molar-refractivity contribution in [2.45, 2.75) is 64.1 Å². The number of carbonyl (C=O) groups is 2. The standard InChI is InChI=1S/C34H43N3O6S/c1-25-13-11-12-16-27(25)23-36(30(21-26-14-7-5-8-15-26)34(39)35-28-17-9-6-10-18-28)33(38)24-37(44(4,40)41)29-19-20-31(42-2)32(22-29)43-3/h5,7-8,11-16,19-20,22,28,30H,6,9-10,17-18,21,23-24H2,1-4H3,(H,35,39)/t30-/m0/s1. The first-order valence-corrected chi connectivity index (χ1v) is 16.8. The van der Waals surface area contributed by atoms with Gasteiger partial charge in [-0.3, -0.25) is 13.9 Å². The highest BCUT2D eigenvalue weighted by atomic mass is 32.2. The van der Waals surface area contributed by atoms with Crippen LogP contribution in [0.3, 0.4) is 0 Å². The van der Waals surface area contributed by atoms with Gasteiger partial charge in [-0.2, -0.15) is 0 Å². The van der Waals surface area contributed by atoms with Gasteiger partial charge in [-0.15, -0.1) is 0 Å². The number of aryl methyl sites for hydroxylation is 1. The van der Waals surface area contributed by atoms with Crippen LogP contribution in [-0.4, -0.2) is 64.2 Å². The van der Waals surface area contributed by atoms with E-state index in [1.165, 1.54) is 25.2 Å². The lowest BCUT2D eigenvalue weighted by Gasteiger charge is -2.35. The summed E-state index contributed by atoms with van der Waals surface area (Å²) in [6, 6.07) is 21.2. The molecule has 1 aliphatic rings. The number of anilines is 1. The first-order chi connectivity index (χ1) is 21.1. The molecule has 1 N–H and O–H groups in total. The Kier molecular flexibility index (Phi) is 11.3. The minimum atomic E-state index is -3.91. The van der Waals surface area contributed by atoms with Crippen LogP contribution in [0.4, 0.5) is 5.69 Å². The van der Waals surface area contributed by atoms with Crippen molar-refractivity contribution in [3.05, 3.63) is 89.5 Å². The van der Waals surface area contributed by atoms with Crippen molar-refractivity contribution >= 4 is 27.5 Å². The molecule has 3 aromatic carbocycles. The van der Waals surface area contributed by atoms with Crippen molar-refractivity contribution in [2.24, 2.45) is 0 Å². The summed E-state index contributed by atoms with van der Waals surface area (Å²) < 4.78 is 38.0. The molecule has 3 aromatic rings. The van der Waals surface area contributed by atoms with E-state index in [-0.39, 0.29) is 30.6 Å². The molecule has 4 rings (SSSR count). The highest BCUT2D eigenvalue weighted by Gasteiger charge is 2.34. The average Bonchev–Trinajstić information content (AvgIpc) is 3.02. The molecule has 1 aliphatic carbocycles. The largest absolute Gasteiger partial charge is 0.493 e. The maximum Gasteiger partial charge on any atom is 0.244 e. The number of benzene rings is 3. The summed E-state index contributed by atoms with van der Waals surface area (Å²) in [4.78, 5) is 30.0. The van der Waals surface area contributed by atoms with Crippen molar-refractivity contribution in [3.63, 3.8) is 0 Å². The minimum absolute atomic E-state index is 0.0456. The van der Waals surface area contributed by atoms with Crippen LogP contribution in [0, 0.1) is 6.92 Å². The number of ether oxygens (including phenoxy) is 2. The van der Waals surface area contributed by atoms with E-state index in [1.54, 1.807) is 12.1 Å². The lowest BCUT2D eigenvalue weighted by Crippen LogP contribution is -2.55. The highest BCUT2D eigenvalue weighted by molar-refractivity contribution is 7.92. The second-order valence-electron chi connectivity index (χ2n) is 11.3. The lowest BCUT2D eigenvalue weighted by molar-refractivity contribution is -0.140. The van der Waals surface area contributed by atoms with Gasteiger partial charge in [-0.05, 0) is 48.6 Å². The van der Waals surface area contributed by atoms with Gasteiger partial charge in [0, 0.05) is 25.1 Å². The zero-order valence-corrected chi connectivity index (χ0v) is 26.8. The number of amides is 2. The van der Waals surface area contributed by atoms with Crippen LogP contribution in [0.15, 0.2) is 72.8 Å². The second-order valence-corrected chi connectivity index (χ2v) is 13.2. The van der Waals surface area contributed by atoms with E-state index < -0.39 is 28.5 Å². The van der Waals surface area contributed by atoms with E-state index in [2.05, 4.69) is 5.32 Å². The number of rotatable bonds is 13. The normalized spacial score (nSPS) is 14.4. The van der Waals surface area contributed by atoms with Crippen LogP contribution in [0.1, 0.15) is 48.8 Å². The third-order valence-electron chi connectivity index (χ3n) is 8.16. The minimum Gasteiger partial charge on any atom is -0.493 e. The van der Waals surface area contributed by atoms with Gasteiger partial charge < -0.3 is 19.7 Å². The summed E-state index contributed by atoms with van der Waals surface area (Å²) in [5, 5.41) is 3.22. The fourth-order valence-electron chi connectivity index (χ4n) is 5.66. The van der Waals surface area contributed by atoms with Crippen molar-refractivity contribution in [1.29, 1.82) is 0 Å². The van der Waals surface area contributed by atoms with Gasteiger partial charge in [0.1, 0.15) is 12.6 Å². The van der Waals surface area contributed by atoms with Crippen LogP contribution in [-0.2, 0) is 32.6 Å². The summed E-state index contributed by atoms with van der Waals surface area (Å²) in [6.07, 6.45) is 6.39. The van der Waals surface area contributed by atoms with Crippen LogP contribution < -0.4 is 19.1 Å². The number of sulfonamides is 1. The molecule has 0 radical (unpaired) electrons. The maximum atomic E-state index is 14.4. The molecular weight excluding hydrogens is 578 g/mol. The summed E-state index contributed by atoms with van der Waals surface area (Å²) >= 11 is 0. The Balaban J connectivity index is 1.74. The van der Waals surface area contributed by atoms with Crippen LogP contribution in [0.2, 0.25) is 0 Å². The summed E-state index contributed by atoms with van der Waals surface area (Å²) in [5.41, 5.74) is 3.00. The molecule has 1 atom stereocenters. The van der Waals surface area contributed by atoms with Crippen molar-refractivity contribution in [3.8, 4) is 11.5 Å². The van der Waals surface area contributed by atoms with Crippen LogP contribution in [0.25, 0.3) is 0 Å². The monoisotopic (exact) mass is 621 g/mol. The Morgan fingerprint density at radius 1 is 0.909 bits per heavy atom. The number of methoxy groups -OCH3 is 2. The van der Waals surface area contributed by atoms with Gasteiger partial charge in [-0.25, -0.2) is 8.42 Å². The molecule has 0 aliphatic heterocycles. The van der Waals surface area contributed by atoms with Gasteiger partial charge >= 0.3 is 0 Å². The van der Waals surface area contributed by atoms with Crippen molar-refractivity contribution in [2.75, 3.05) is 31.3 Å². The Labute approximate surface area is 261 Å². The molecule has 1 saturated carbocycles. The topological polar surface area (TPSA) is 105 Å². The highest BCUT2D eigenvalue weighted by Crippen LogP contribution is 2.32. The first kappa shape index (κ1) is 32.9. The van der Waals surface area contributed by atoms with Gasteiger partial charge in [-0.1, -0.05) is 73.9 Å². The molecule has 0 aromatic heterocycles. The summed E-state index contributed by atoms with van der Waals surface area (Å²) in [6.45, 7) is 1.60. The van der Waals surface area contributed by atoms with E-state index in [0.717, 1.165) is 59.4 Å². The lowest BCUT2D eigenvalue weighted by atomic mass is 9.94. The number of hydrogen-bond donors (Lipinski definition) is 1. The Morgan fingerprint density at radius 2 is 1.57 bits per heavy atom. The van der Waals surface area contributed by atoms with Crippen LogP contribution >= 0.6 is 0 Å². The second kappa shape index (κ2) is 15.1. The third kappa shape index (κ3) is 8.53. The molecule has 44 heavy (non-hydrogen) atoms. The van der Waals surface area contributed by atoms with Crippen LogP contribution in [0.5, 0.6) is 11.5 Å². The molecule has 10 heteroatoms. The molecular formula is C34H43N3O6S. The summed E-state index contributed by atoms with van der Waals surface area (Å²) in [7, 11) is -0.962. The number of nitrogens with one attached hydrogen (secondary N) is 1. The van der Waals surface area contributed by atoms with Gasteiger partial charge in [0.2, 0.25) is 21.8 Å². The third-order valence-corrected chi connectivity index (χ3v) is 9.30. The first-order valence-electron chi connectivity index (χ1n) is 15.0. The SMILES string of the molecule is COc1ccc(N(CC(=O)N(Cc2ccccc2C)[C@@H](Cc2ccccc2)C(=O)NC2CCCCC2)S(C)(=O)=O)cc1OC. The van der Waals surface area contributed by atoms with Gasteiger partial charge in [0.15, 0.2) is 11.5 Å². The predicted molar refractivity (Wildman–Crippen MR) is 172 cm³/mol.